The number of aromatic carboxylic acids is 1. The van der Waals surface area contributed by atoms with Gasteiger partial charge in [-0.3, -0.25) is 14.5 Å². The summed E-state index contributed by atoms with van der Waals surface area (Å²) < 4.78 is 4.93. The van der Waals surface area contributed by atoms with Crippen LogP contribution in [0.4, 0.5) is 11.5 Å². The van der Waals surface area contributed by atoms with Crippen LogP contribution < -0.4 is 15.5 Å². The van der Waals surface area contributed by atoms with Crippen LogP contribution in [-0.4, -0.2) is 85.8 Å². The molecule has 33 heavy (non-hydrogen) atoms. The van der Waals surface area contributed by atoms with Crippen LogP contribution in [-0.2, 0) is 14.3 Å². The predicted molar refractivity (Wildman–Crippen MR) is 126 cm³/mol. The average Bonchev–Trinajstić information content (AvgIpc) is 2.78. The first kappa shape index (κ1) is 24.4. The summed E-state index contributed by atoms with van der Waals surface area (Å²) in [5.41, 5.74) is 1.22. The maximum Gasteiger partial charge on any atom is 0.336 e. The number of carboxylic acid groups (broad SMARTS) is 1. The molecule has 0 radical (unpaired) electrons. The molecule has 10 heteroatoms. The molecule has 1 aromatic carbocycles. The topological polar surface area (TPSA) is 124 Å². The van der Waals surface area contributed by atoms with E-state index in [1.54, 1.807) is 45.2 Å². The lowest BCUT2D eigenvalue weighted by Gasteiger charge is -2.35. The minimum atomic E-state index is -1.05. The van der Waals surface area contributed by atoms with Crippen LogP contribution in [0.1, 0.15) is 24.2 Å². The highest BCUT2D eigenvalue weighted by molar-refractivity contribution is 6.05. The van der Waals surface area contributed by atoms with Crippen LogP contribution in [0.2, 0.25) is 0 Å². The van der Waals surface area contributed by atoms with E-state index in [9.17, 15) is 19.5 Å². The number of carboxylic acids is 1. The van der Waals surface area contributed by atoms with Crippen molar-refractivity contribution in [1.82, 2.24) is 15.2 Å². The summed E-state index contributed by atoms with van der Waals surface area (Å²) in [6.45, 7) is 7.45. The maximum absolute atomic E-state index is 12.0. The summed E-state index contributed by atoms with van der Waals surface area (Å²) in [6, 6.07) is 6.68. The second-order valence-electron chi connectivity index (χ2n) is 8.31. The van der Waals surface area contributed by atoms with Crippen molar-refractivity contribution in [3.8, 4) is 0 Å². The van der Waals surface area contributed by atoms with Crippen molar-refractivity contribution in [2.45, 2.75) is 13.8 Å². The molecule has 3 N–H and O–H groups in total. The van der Waals surface area contributed by atoms with Gasteiger partial charge < -0.3 is 25.4 Å². The number of carbonyl (C=O) groups excluding carboxylic acids is 2. The highest BCUT2D eigenvalue weighted by atomic mass is 16.5. The smallest absolute Gasteiger partial charge is 0.336 e. The number of rotatable bonds is 9. The molecule has 1 fully saturated rings. The lowest BCUT2D eigenvalue weighted by molar-refractivity contribution is -0.122. The molecule has 178 valence electrons. The zero-order chi connectivity index (χ0) is 24.0. The number of fused-ring (bicyclic) bond motifs is 1. The van der Waals surface area contributed by atoms with Gasteiger partial charge in [-0.05, 0) is 24.3 Å². The number of ether oxygens (including phenoxy) is 1. The Hall–Kier alpha value is -3.24. The maximum atomic E-state index is 12.0. The summed E-state index contributed by atoms with van der Waals surface area (Å²) in [5, 5.41) is 15.9. The molecule has 0 saturated carbocycles. The Kier molecular flexibility index (Phi) is 8.18. The molecule has 0 atom stereocenters. The van der Waals surface area contributed by atoms with E-state index in [0.29, 0.717) is 68.3 Å². The first-order valence-corrected chi connectivity index (χ1v) is 11.0. The molecule has 1 aromatic heterocycles. The predicted octanol–water partition coefficient (Wildman–Crippen LogP) is 1.41. The van der Waals surface area contributed by atoms with Crippen molar-refractivity contribution in [2.24, 2.45) is 5.92 Å². The van der Waals surface area contributed by atoms with Crippen LogP contribution >= 0.6 is 0 Å². The van der Waals surface area contributed by atoms with Crippen LogP contribution in [0.15, 0.2) is 24.3 Å². The fourth-order valence-corrected chi connectivity index (χ4v) is 3.60. The molecule has 2 aromatic rings. The van der Waals surface area contributed by atoms with Gasteiger partial charge in [-0.2, -0.15) is 0 Å². The van der Waals surface area contributed by atoms with Crippen LogP contribution in [0, 0.1) is 5.92 Å². The number of hydrogen-bond acceptors (Lipinski definition) is 7. The lowest BCUT2D eigenvalue weighted by atomic mass is 10.1. The molecular weight excluding hydrogens is 426 g/mol. The first-order valence-electron chi connectivity index (χ1n) is 11.0. The minimum absolute atomic E-state index is 0.0437. The Morgan fingerprint density at radius 3 is 2.52 bits per heavy atom. The van der Waals surface area contributed by atoms with Crippen molar-refractivity contribution in [1.29, 1.82) is 0 Å². The van der Waals surface area contributed by atoms with E-state index < -0.39 is 5.97 Å². The van der Waals surface area contributed by atoms with Crippen molar-refractivity contribution in [3.05, 3.63) is 29.8 Å². The second-order valence-corrected chi connectivity index (χ2v) is 8.31. The van der Waals surface area contributed by atoms with Crippen LogP contribution in [0.25, 0.3) is 10.9 Å². The van der Waals surface area contributed by atoms with Gasteiger partial charge in [-0.15, -0.1) is 0 Å². The summed E-state index contributed by atoms with van der Waals surface area (Å²) in [7, 11) is 1.59. The average molecular weight is 458 g/mol. The molecule has 0 bridgehead atoms. The summed E-state index contributed by atoms with van der Waals surface area (Å²) in [6.07, 6.45) is 0. The van der Waals surface area contributed by atoms with E-state index >= 15 is 0 Å². The SMILES string of the molecule is COCCNC(=O)CN1CCN(c2cc(C(=O)O)c3cc(NC(=O)C(C)C)ccc3n2)CC1. The number of anilines is 2. The van der Waals surface area contributed by atoms with Gasteiger partial charge in [0.2, 0.25) is 11.8 Å². The lowest BCUT2D eigenvalue weighted by Crippen LogP contribution is -2.50. The third-order valence-electron chi connectivity index (χ3n) is 5.51. The van der Waals surface area contributed by atoms with E-state index in [-0.39, 0.29) is 23.3 Å². The highest BCUT2D eigenvalue weighted by Crippen LogP contribution is 2.27. The Morgan fingerprint density at radius 2 is 1.88 bits per heavy atom. The highest BCUT2D eigenvalue weighted by Gasteiger charge is 2.22. The van der Waals surface area contributed by atoms with E-state index in [1.807, 2.05) is 4.90 Å². The quantitative estimate of drug-likeness (QED) is 0.483. The zero-order valence-electron chi connectivity index (χ0n) is 19.3. The number of nitrogens with zero attached hydrogens (tertiary/aromatic N) is 3. The molecular formula is C23H31N5O5. The van der Waals surface area contributed by atoms with E-state index in [4.69, 9.17) is 4.74 Å². The number of piperazine rings is 1. The third kappa shape index (κ3) is 6.39. The van der Waals surface area contributed by atoms with Gasteiger partial charge in [0.15, 0.2) is 0 Å². The van der Waals surface area contributed by atoms with Gasteiger partial charge in [0.05, 0.1) is 24.2 Å². The Balaban J connectivity index is 1.72. The van der Waals surface area contributed by atoms with E-state index in [2.05, 4.69) is 20.5 Å². The molecule has 1 aliphatic rings. The standard InChI is InChI=1S/C23H31N5O5/c1-15(2)22(30)25-16-4-5-19-17(12-16)18(23(31)32)13-20(26-19)28-9-7-27(8-10-28)14-21(29)24-6-11-33-3/h4-5,12-13,15H,6-11,14H2,1-3H3,(H,24,29)(H,25,30)(H,31,32). The summed E-state index contributed by atoms with van der Waals surface area (Å²) >= 11 is 0. The Morgan fingerprint density at radius 1 is 1.15 bits per heavy atom. The van der Waals surface area contributed by atoms with E-state index in [1.165, 1.54) is 0 Å². The van der Waals surface area contributed by atoms with Crippen molar-refractivity contribution in [2.75, 3.05) is 63.2 Å². The minimum Gasteiger partial charge on any atom is -0.478 e. The molecule has 0 aliphatic carbocycles. The molecule has 3 rings (SSSR count). The van der Waals surface area contributed by atoms with Gasteiger partial charge in [0.1, 0.15) is 5.82 Å². The Bertz CT molecular complexity index is 1020. The van der Waals surface area contributed by atoms with Crippen LogP contribution in [0.3, 0.4) is 0 Å². The second kappa shape index (κ2) is 11.1. The van der Waals surface area contributed by atoms with Gasteiger partial charge in [-0.25, -0.2) is 9.78 Å². The number of nitrogens with one attached hydrogen (secondary N) is 2. The monoisotopic (exact) mass is 457 g/mol. The van der Waals surface area contributed by atoms with Crippen molar-refractivity contribution in [3.63, 3.8) is 0 Å². The summed E-state index contributed by atoms with van der Waals surface area (Å²) in [4.78, 5) is 44.7. The number of carbonyl (C=O) groups is 3. The fourth-order valence-electron chi connectivity index (χ4n) is 3.60. The van der Waals surface area contributed by atoms with Gasteiger partial charge in [0, 0.05) is 56.8 Å². The number of aromatic nitrogens is 1. The number of pyridine rings is 1. The summed E-state index contributed by atoms with van der Waals surface area (Å²) in [5.74, 6) is -0.834. The normalized spacial score (nSPS) is 14.5. The molecule has 2 heterocycles. The molecule has 10 nitrogen and oxygen atoms in total. The molecule has 0 spiro atoms. The third-order valence-corrected chi connectivity index (χ3v) is 5.51. The van der Waals surface area contributed by atoms with Crippen molar-refractivity contribution >= 4 is 40.2 Å². The van der Waals surface area contributed by atoms with Crippen molar-refractivity contribution < 1.29 is 24.2 Å². The zero-order valence-corrected chi connectivity index (χ0v) is 19.3. The molecule has 0 unspecified atom stereocenters. The largest absolute Gasteiger partial charge is 0.478 e. The molecule has 1 aliphatic heterocycles. The van der Waals surface area contributed by atoms with Crippen LogP contribution in [0.5, 0.6) is 0 Å². The van der Waals surface area contributed by atoms with Gasteiger partial charge >= 0.3 is 5.97 Å². The Labute approximate surface area is 192 Å². The number of methoxy groups -OCH3 is 1. The van der Waals surface area contributed by atoms with Gasteiger partial charge in [-0.1, -0.05) is 13.8 Å². The fraction of sp³-hybridized carbons (Fsp3) is 0.478. The number of benzene rings is 1. The molecule has 1 saturated heterocycles. The number of hydrogen-bond donors (Lipinski definition) is 3. The first-order chi connectivity index (χ1) is 15.8. The van der Waals surface area contributed by atoms with Gasteiger partial charge in [0.25, 0.3) is 0 Å². The molecule has 2 amide bonds. The number of amides is 2. The van der Waals surface area contributed by atoms with E-state index in [0.717, 1.165) is 0 Å².